The van der Waals surface area contributed by atoms with Gasteiger partial charge in [0.2, 0.25) is 0 Å². The molecule has 0 saturated heterocycles. The molecule has 0 bridgehead atoms. The van der Waals surface area contributed by atoms with Crippen LogP contribution >= 0.6 is 0 Å². The molecular weight excluding hydrogens is 460 g/mol. The third-order valence-electron chi connectivity index (χ3n) is 9.18. The molecule has 0 heterocycles. The van der Waals surface area contributed by atoms with Gasteiger partial charge < -0.3 is 0 Å². The minimum atomic E-state index is -0.0738. The molecule has 2 nitrogen and oxygen atoms in total. The number of benzene rings is 3. The van der Waals surface area contributed by atoms with Crippen molar-refractivity contribution >= 4 is 28.1 Å². The van der Waals surface area contributed by atoms with Crippen molar-refractivity contribution in [2.75, 3.05) is 0 Å². The van der Waals surface area contributed by atoms with Crippen LogP contribution in [0, 0.1) is 10.8 Å². The van der Waals surface area contributed by atoms with Gasteiger partial charge in [-0.3, -0.25) is 10.8 Å². The Labute approximate surface area is 225 Å². The molecule has 3 aromatic carbocycles. The zero-order valence-electron chi connectivity index (χ0n) is 22.5. The highest BCUT2D eigenvalue weighted by atomic mass is 14.5. The van der Waals surface area contributed by atoms with Crippen molar-refractivity contribution in [2.45, 2.75) is 51.4 Å². The molecule has 0 amide bonds. The van der Waals surface area contributed by atoms with Crippen LogP contribution in [0.4, 0.5) is 0 Å². The maximum absolute atomic E-state index is 8.81. The fourth-order valence-electron chi connectivity index (χ4n) is 7.05. The largest absolute Gasteiger partial charge is 0.299 e. The molecule has 0 saturated carbocycles. The van der Waals surface area contributed by atoms with E-state index in [0.29, 0.717) is 0 Å². The quantitative estimate of drug-likeness (QED) is 0.336. The van der Waals surface area contributed by atoms with Crippen molar-refractivity contribution in [1.82, 2.24) is 0 Å². The van der Waals surface area contributed by atoms with Crippen LogP contribution in [0.3, 0.4) is 0 Å². The Bertz CT molecular complexity index is 1730. The van der Waals surface area contributed by atoms with Crippen LogP contribution in [0.2, 0.25) is 0 Å². The first kappa shape index (κ1) is 23.1. The number of hydrogen-bond acceptors (Lipinski definition) is 2. The highest BCUT2D eigenvalue weighted by Crippen LogP contribution is 2.52. The highest BCUT2D eigenvalue weighted by Gasteiger charge is 2.39. The Balaban J connectivity index is 1.33. The Morgan fingerprint density at radius 2 is 1.26 bits per heavy atom. The number of nitrogens with one attached hydrogen (secondary N) is 2. The van der Waals surface area contributed by atoms with Gasteiger partial charge in [-0.25, -0.2) is 0 Å². The molecule has 3 aromatic rings. The Hall–Kier alpha value is -4.04. The number of allylic oxidation sites excluding steroid dienone is 8. The first-order chi connectivity index (χ1) is 18.2. The van der Waals surface area contributed by atoms with Crippen LogP contribution in [0.5, 0.6) is 0 Å². The maximum Gasteiger partial charge on any atom is 0.0867 e. The smallest absolute Gasteiger partial charge is 0.0867 e. The predicted molar refractivity (Wildman–Crippen MR) is 160 cm³/mol. The molecule has 0 unspecified atom stereocenters. The molecule has 0 spiro atoms. The second kappa shape index (κ2) is 7.74. The van der Waals surface area contributed by atoms with Gasteiger partial charge in [-0.1, -0.05) is 88.4 Å². The molecule has 186 valence electrons. The molecule has 0 radical (unpaired) electrons. The molecule has 4 aliphatic carbocycles. The summed E-state index contributed by atoms with van der Waals surface area (Å²) in [7, 11) is 0. The SMILES string of the molecule is CC1(C)C2=CCCC=C2c2ccc(C3=CC(c4ccc5c(c4)C(C)(C)c4ccccc4-5)=CC(=N)C3=N)cc21. The fraction of sp³-hybridized carbons (Fsp3) is 0.222. The molecule has 7 rings (SSSR count). The molecular formula is C36H32N2. The lowest BCUT2D eigenvalue weighted by atomic mass is 9.79. The summed E-state index contributed by atoms with van der Waals surface area (Å²) < 4.78 is 0. The van der Waals surface area contributed by atoms with Crippen molar-refractivity contribution in [1.29, 1.82) is 10.8 Å². The summed E-state index contributed by atoms with van der Waals surface area (Å²) >= 11 is 0. The monoisotopic (exact) mass is 492 g/mol. The predicted octanol–water partition coefficient (Wildman–Crippen LogP) is 8.91. The molecule has 2 heteroatoms. The van der Waals surface area contributed by atoms with E-state index < -0.39 is 0 Å². The van der Waals surface area contributed by atoms with Crippen molar-refractivity contribution in [3.63, 3.8) is 0 Å². The minimum Gasteiger partial charge on any atom is -0.299 e. The van der Waals surface area contributed by atoms with Crippen LogP contribution in [0.25, 0.3) is 27.8 Å². The molecule has 0 aliphatic heterocycles. The fourth-order valence-corrected chi connectivity index (χ4v) is 7.05. The summed E-state index contributed by atoms with van der Waals surface area (Å²) in [5, 5.41) is 17.5. The lowest BCUT2D eigenvalue weighted by Gasteiger charge is -2.24. The van der Waals surface area contributed by atoms with Crippen LogP contribution in [0.15, 0.2) is 90.5 Å². The molecule has 4 aliphatic rings. The van der Waals surface area contributed by atoms with Gasteiger partial charge in [0.05, 0.1) is 11.4 Å². The first-order valence-corrected chi connectivity index (χ1v) is 13.6. The zero-order valence-corrected chi connectivity index (χ0v) is 22.5. The van der Waals surface area contributed by atoms with E-state index in [1.165, 1.54) is 44.5 Å². The van der Waals surface area contributed by atoms with Crippen LogP contribution < -0.4 is 0 Å². The van der Waals surface area contributed by atoms with E-state index in [0.717, 1.165) is 35.1 Å². The summed E-state index contributed by atoms with van der Waals surface area (Å²) in [6.45, 7) is 9.21. The van der Waals surface area contributed by atoms with E-state index in [-0.39, 0.29) is 22.3 Å². The molecule has 38 heavy (non-hydrogen) atoms. The van der Waals surface area contributed by atoms with Crippen LogP contribution in [-0.4, -0.2) is 11.4 Å². The van der Waals surface area contributed by atoms with Gasteiger partial charge >= 0.3 is 0 Å². The zero-order chi connectivity index (χ0) is 26.4. The summed E-state index contributed by atoms with van der Waals surface area (Å²) in [4.78, 5) is 0. The second-order valence-corrected chi connectivity index (χ2v) is 12.1. The highest BCUT2D eigenvalue weighted by molar-refractivity contribution is 6.61. The van der Waals surface area contributed by atoms with Crippen molar-refractivity contribution in [2.24, 2.45) is 0 Å². The van der Waals surface area contributed by atoms with Crippen molar-refractivity contribution in [3.05, 3.63) is 124 Å². The van der Waals surface area contributed by atoms with Crippen LogP contribution in [-0.2, 0) is 10.8 Å². The van der Waals surface area contributed by atoms with Crippen molar-refractivity contribution < 1.29 is 0 Å². The molecule has 0 aromatic heterocycles. The topological polar surface area (TPSA) is 47.7 Å². The average Bonchev–Trinajstić information content (AvgIpc) is 3.29. The number of fused-ring (bicyclic) bond motifs is 6. The lowest BCUT2D eigenvalue weighted by molar-refractivity contribution is 0.654. The number of hydrogen-bond donors (Lipinski definition) is 2. The van der Waals surface area contributed by atoms with Gasteiger partial charge in [-0.15, -0.1) is 0 Å². The third kappa shape index (κ3) is 3.07. The lowest BCUT2D eigenvalue weighted by Crippen LogP contribution is -2.18. The summed E-state index contributed by atoms with van der Waals surface area (Å²) in [5.74, 6) is 0. The van der Waals surface area contributed by atoms with Crippen molar-refractivity contribution in [3.8, 4) is 11.1 Å². The number of rotatable bonds is 2. The Kier molecular flexibility index (Phi) is 4.70. The average molecular weight is 493 g/mol. The molecule has 0 atom stereocenters. The van der Waals surface area contributed by atoms with E-state index in [1.807, 2.05) is 6.08 Å². The maximum atomic E-state index is 8.81. The van der Waals surface area contributed by atoms with E-state index >= 15 is 0 Å². The summed E-state index contributed by atoms with van der Waals surface area (Å²) in [6, 6.07) is 22.0. The Morgan fingerprint density at radius 1 is 0.605 bits per heavy atom. The van der Waals surface area contributed by atoms with Crippen LogP contribution in [0.1, 0.15) is 73.9 Å². The van der Waals surface area contributed by atoms with Gasteiger partial charge in [0.25, 0.3) is 0 Å². The van der Waals surface area contributed by atoms with E-state index in [1.54, 1.807) is 0 Å². The van der Waals surface area contributed by atoms with E-state index in [9.17, 15) is 0 Å². The molecule has 2 N–H and O–H groups in total. The second-order valence-electron chi connectivity index (χ2n) is 12.1. The van der Waals surface area contributed by atoms with E-state index in [4.69, 9.17) is 10.8 Å². The third-order valence-corrected chi connectivity index (χ3v) is 9.18. The summed E-state index contributed by atoms with van der Waals surface area (Å²) in [5.41, 5.74) is 15.1. The minimum absolute atomic E-state index is 0.0538. The molecule has 0 fully saturated rings. The Morgan fingerprint density at radius 3 is 2.11 bits per heavy atom. The van der Waals surface area contributed by atoms with Gasteiger partial charge in [0.15, 0.2) is 0 Å². The van der Waals surface area contributed by atoms with Gasteiger partial charge in [0.1, 0.15) is 0 Å². The van der Waals surface area contributed by atoms with Gasteiger partial charge in [-0.2, -0.15) is 0 Å². The normalized spacial score (nSPS) is 20.0. The standard InChI is InChI=1S/C36H32N2/c1-35(2)29-11-7-5-9-24(29)26-15-13-21(18-31(26)35)23-17-28(34(38)33(37)20-23)22-14-16-27-25-10-6-8-12-30(25)36(3,4)32(27)19-22/h5,7,9-20,37-38H,6,8H2,1-4H3. The summed E-state index contributed by atoms with van der Waals surface area (Å²) in [6.07, 6.45) is 11.0. The first-order valence-electron chi connectivity index (χ1n) is 13.6. The van der Waals surface area contributed by atoms with Gasteiger partial charge in [-0.05, 0) is 98.4 Å². The van der Waals surface area contributed by atoms with Gasteiger partial charge in [0, 0.05) is 16.4 Å². The van der Waals surface area contributed by atoms with E-state index in [2.05, 4.69) is 107 Å².